The highest BCUT2D eigenvalue weighted by Gasteiger charge is 2.26. The number of hydrogen-bond acceptors (Lipinski definition) is 3. The molecule has 4 heteroatoms. The maximum Gasteiger partial charge on any atom is 0.167 e. The molecule has 0 spiro atoms. The second kappa shape index (κ2) is 5.14. The zero-order valence-electron chi connectivity index (χ0n) is 10.4. The van der Waals surface area contributed by atoms with Crippen LogP contribution in [0.4, 0.5) is 4.39 Å². The van der Waals surface area contributed by atoms with Gasteiger partial charge in [-0.15, -0.1) is 0 Å². The van der Waals surface area contributed by atoms with Crippen molar-refractivity contribution in [1.82, 2.24) is 5.32 Å². The molecule has 18 heavy (non-hydrogen) atoms. The first-order chi connectivity index (χ1) is 8.86. The van der Waals surface area contributed by atoms with E-state index in [0.717, 1.165) is 37.9 Å². The molecular formula is C14H18FNO2. The largest absolute Gasteiger partial charge is 0.490 e. The Hall–Kier alpha value is -1.29. The van der Waals surface area contributed by atoms with Crippen molar-refractivity contribution >= 4 is 0 Å². The average Bonchev–Trinajstić information content (AvgIpc) is 2.65. The molecule has 2 aliphatic heterocycles. The highest BCUT2D eigenvalue weighted by Crippen LogP contribution is 2.41. The van der Waals surface area contributed by atoms with E-state index in [2.05, 4.69) is 5.32 Å². The van der Waals surface area contributed by atoms with Gasteiger partial charge in [0.05, 0.1) is 13.2 Å². The second-order valence-corrected chi connectivity index (χ2v) is 4.86. The summed E-state index contributed by atoms with van der Waals surface area (Å²) in [4.78, 5) is 0. The van der Waals surface area contributed by atoms with E-state index in [9.17, 15) is 4.39 Å². The second-order valence-electron chi connectivity index (χ2n) is 4.86. The molecule has 3 rings (SSSR count). The Labute approximate surface area is 106 Å². The molecule has 0 saturated carbocycles. The van der Waals surface area contributed by atoms with Gasteiger partial charge in [-0.1, -0.05) is 0 Å². The molecule has 1 fully saturated rings. The molecule has 2 aliphatic rings. The standard InChI is InChI=1S/C14H18FNO2/c15-11-2-3-12-14(18-9-1-8-17-12)13(11)10-4-6-16-7-5-10/h2-3,10,16H,1,4-9H2. The predicted molar refractivity (Wildman–Crippen MR) is 66.9 cm³/mol. The van der Waals surface area contributed by atoms with Crippen LogP contribution in [-0.4, -0.2) is 26.3 Å². The monoisotopic (exact) mass is 251 g/mol. The van der Waals surface area contributed by atoms with Crippen molar-refractivity contribution in [3.63, 3.8) is 0 Å². The minimum atomic E-state index is -0.161. The van der Waals surface area contributed by atoms with Crippen molar-refractivity contribution in [3.05, 3.63) is 23.5 Å². The van der Waals surface area contributed by atoms with Crippen LogP contribution in [0, 0.1) is 5.82 Å². The Kier molecular flexibility index (Phi) is 3.37. The number of benzene rings is 1. The number of halogens is 1. The highest BCUT2D eigenvalue weighted by molar-refractivity contribution is 5.49. The van der Waals surface area contributed by atoms with Gasteiger partial charge in [0, 0.05) is 12.0 Å². The van der Waals surface area contributed by atoms with Crippen LogP contribution in [0.3, 0.4) is 0 Å². The maximum absolute atomic E-state index is 14.1. The van der Waals surface area contributed by atoms with E-state index < -0.39 is 0 Å². The lowest BCUT2D eigenvalue weighted by atomic mass is 9.89. The van der Waals surface area contributed by atoms with Crippen molar-refractivity contribution < 1.29 is 13.9 Å². The zero-order valence-corrected chi connectivity index (χ0v) is 10.4. The van der Waals surface area contributed by atoms with Crippen LogP contribution in [-0.2, 0) is 0 Å². The summed E-state index contributed by atoms with van der Waals surface area (Å²) in [6, 6.07) is 3.19. The molecule has 98 valence electrons. The molecule has 1 N–H and O–H groups in total. The van der Waals surface area contributed by atoms with Gasteiger partial charge in [0.15, 0.2) is 11.5 Å². The van der Waals surface area contributed by atoms with Crippen LogP contribution in [0.5, 0.6) is 11.5 Å². The Balaban J connectivity index is 2.00. The van der Waals surface area contributed by atoms with Gasteiger partial charge in [0.25, 0.3) is 0 Å². The van der Waals surface area contributed by atoms with Gasteiger partial charge in [-0.2, -0.15) is 0 Å². The summed E-state index contributed by atoms with van der Waals surface area (Å²) < 4.78 is 25.5. The minimum absolute atomic E-state index is 0.161. The lowest BCUT2D eigenvalue weighted by Gasteiger charge is -2.25. The molecule has 0 atom stereocenters. The van der Waals surface area contributed by atoms with Gasteiger partial charge in [0.1, 0.15) is 5.82 Å². The summed E-state index contributed by atoms with van der Waals surface area (Å²) in [5.74, 6) is 1.41. The predicted octanol–water partition coefficient (Wildman–Crippen LogP) is 2.45. The Morgan fingerprint density at radius 3 is 2.72 bits per heavy atom. The molecular weight excluding hydrogens is 233 g/mol. The third kappa shape index (κ3) is 2.17. The van der Waals surface area contributed by atoms with Gasteiger partial charge >= 0.3 is 0 Å². The number of piperidine rings is 1. The number of hydrogen-bond donors (Lipinski definition) is 1. The fourth-order valence-electron chi connectivity index (χ4n) is 2.72. The third-order valence-electron chi connectivity index (χ3n) is 3.65. The van der Waals surface area contributed by atoms with Gasteiger partial charge in [-0.05, 0) is 44.0 Å². The first kappa shape index (κ1) is 11.8. The van der Waals surface area contributed by atoms with Crippen molar-refractivity contribution in [2.24, 2.45) is 0 Å². The third-order valence-corrected chi connectivity index (χ3v) is 3.65. The summed E-state index contributed by atoms with van der Waals surface area (Å²) in [5, 5.41) is 3.30. The van der Waals surface area contributed by atoms with E-state index in [1.165, 1.54) is 6.07 Å². The molecule has 1 saturated heterocycles. The number of fused-ring (bicyclic) bond motifs is 1. The number of ether oxygens (including phenoxy) is 2. The van der Waals surface area contributed by atoms with Crippen molar-refractivity contribution in [3.8, 4) is 11.5 Å². The maximum atomic E-state index is 14.1. The molecule has 2 heterocycles. The van der Waals surface area contributed by atoms with Crippen molar-refractivity contribution in [1.29, 1.82) is 0 Å². The van der Waals surface area contributed by atoms with E-state index in [-0.39, 0.29) is 11.7 Å². The number of nitrogens with one attached hydrogen (secondary N) is 1. The number of rotatable bonds is 1. The molecule has 3 nitrogen and oxygen atoms in total. The van der Waals surface area contributed by atoms with Crippen LogP contribution < -0.4 is 14.8 Å². The SMILES string of the molecule is Fc1ccc2c(c1C1CCNCC1)OCCCO2. The Bertz CT molecular complexity index is 430. The van der Waals surface area contributed by atoms with Crippen LogP contribution in [0.1, 0.15) is 30.7 Å². The topological polar surface area (TPSA) is 30.5 Å². The van der Waals surface area contributed by atoms with Crippen LogP contribution >= 0.6 is 0 Å². The highest BCUT2D eigenvalue weighted by atomic mass is 19.1. The molecule has 1 aromatic rings. The summed E-state index contributed by atoms with van der Waals surface area (Å²) in [6.45, 7) is 3.13. The summed E-state index contributed by atoms with van der Waals surface area (Å²) in [5.41, 5.74) is 0.718. The molecule has 0 aromatic heterocycles. The Morgan fingerprint density at radius 1 is 1.11 bits per heavy atom. The lowest BCUT2D eigenvalue weighted by molar-refractivity contribution is 0.294. The fourth-order valence-corrected chi connectivity index (χ4v) is 2.72. The fraction of sp³-hybridized carbons (Fsp3) is 0.571. The van der Waals surface area contributed by atoms with E-state index in [1.54, 1.807) is 6.07 Å². The molecule has 1 aromatic carbocycles. The van der Waals surface area contributed by atoms with E-state index in [4.69, 9.17) is 9.47 Å². The summed E-state index contributed by atoms with van der Waals surface area (Å²) in [6.07, 6.45) is 2.76. The van der Waals surface area contributed by atoms with Crippen LogP contribution in [0.25, 0.3) is 0 Å². The van der Waals surface area contributed by atoms with Crippen LogP contribution in [0.15, 0.2) is 12.1 Å². The minimum Gasteiger partial charge on any atom is -0.490 e. The summed E-state index contributed by atoms with van der Waals surface area (Å²) >= 11 is 0. The average molecular weight is 251 g/mol. The van der Waals surface area contributed by atoms with E-state index in [0.29, 0.717) is 24.7 Å². The first-order valence-corrected chi connectivity index (χ1v) is 6.65. The smallest absolute Gasteiger partial charge is 0.167 e. The van der Waals surface area contributed by atoms with Crippen molar-refractivity contribution in [2.45, 2.75) is 25.2 Å². The van der Waals surface area contributed by atoms with Gasteiger partial charge in [0.2, 0.25) is 0 Å². The van der Waals surface area contributed by atoms with Crippen molar-refractivity contribution in [2.75, 3.05) is 26.3 Å². The quantitative estimate of drug-likeness (QED) is 0.831. The normalized spacial score (nSPS) is 20.5. The summed E-state index contributed by atoms with van der Waals surface area (Å²) in [7, 11) is 0. The van der Waals surface area contributed by atoms with E-state index >= 15 is 0 Å². The lowest BCUT2D eigenvalue weighted by Crippen LogP contribution is -2.27. The zero-order chi connectivity index (χ0) is 12.4. The Morgan fingerprint density at radius 2 is 1.89 bits per heavy atom. The van der Waals surface area contributed by atoms with Gasteiger partial charge < -0.3 is 14.8 Å². The molecule has 0 amide bonds. The molecule has 0 aliphatic carbocycles. The first-order valence-electron chi connectivity index (χ1n) is 6.65. The van der Waals surface area contributed by atoms with E-state index in [1.807, 2.05) is 0 Å². The van der Waals surface area contributed by atoms with Crippen LogP contribution in [0.2, 0.25) is 0 Å². The molecule has 0 unspecified atom stereocenters. The molecule has 0 bridgehead atoms. The molecule has 0 radical (unpaired) electrons. The van der Waals surface area contributed by atoms with Gasteiger partial charge in [-0.25, -0.2) is 4.39 Å². The van der Waals surface area contributed by atoms with Gasteiger partial charge in [-0.3, -0.25) is 0 Å².